The van der Waals surface area contributed by atoms with Crippen molar-refractivity contribution < 1.29 is 4.92 Å². The molecule has 0 aliphatic rings. The van der Waals surface area contributed by atoms with Crippen molar-refractivity contribution in [2.45, 2.75) is 53.1 Å². The predicted molar refractivity (Wildman–Crippen MR) is 78.3 cm³/mol. The van der Waals surface area contributed by atoms with Crippen molar-refractivity contribution in [2.24, 2.45) is 5.92 Å². The zero-order chi connectivity index (χ0) is 14.6. The molecule has 3 atom stereocenters. The molecule has 19 heavy (non-hydrogen) atoms. The third-order valence-electron chi connectivity index (χ3n) is 3.94. The van der Waals surface area contributed by atoms with Crippen molar-refractivity contribution in [1.82, 2.24) is 5.32 Å². The maximum atomic E-state index is 11.0. The van der Waals surface area contributed by atoms with Crippen molar-refractivity contribution >= 4 is 5.69 Å². The van der Waals surface area contributed by atoms with Crippen molar-refractivity contribution in [3.8, 4) is 0 Å². The van der Waals surface area contributed by atoms with E-state index < -0.39 is 0 Å². The highest BCUT2D eigenvalue weighted by Crippen LogP contribution is 2.24. The SMILES string of the molecule is CCC(C)C(C)NC(C)c1ccc(C)c([N+](=O)[O-])c1. The van der Waals surface area contributed by atoms with E-state index in [1.165, 1.54) is 0 Å². The summed E-state index contributed by atoms with van der Waals surface area (Å²) in [5, 5.41) is 14.5. The quantitative estimate of drug-likeness (QED) is 0.624. The molecule has 0 heterocycles. The van der Waals surface area contributed by atoms with Gasteiger partial charge in [0.15, 0.2) is 0 Å². The Labute approximate surface area is 115 Å². The molecule has 4 heteroatoms. The van der Waals surface area contributed by atoms with Gasteiger partial charge in [0.05, 0.1) is 4.92 Å². The van der Waals surface area contributed by atoms with Crippen LogP contribution in [-0.2, 0) is 0 Å². The average molecular weight is 264 g/mol. The molecule has 1 rings (SSSR count). The summed E-state index contributed by atoms with van der Waals surface area (Å²) < 4.78 is 0. The molecule has 4 nitrogen and oxygen atoms in total. The Morgan fingerprint density at radius 2 is 1.95 bits per heavy atom. The third-order valence-corrected chi connectivity index (χ3v) is 3.94. The molecule has 0 aliphatic carbocycles. The number of benzene rings is 1. The number of hydrogen-bond acceptors (Lipinski definition) is 3. The van der Waals surface area contributed by atoms with E-state index >= 15 is 0 Å². The fourth-order valence-electron chi connectivity index (χ4n) is 2.10. The lowest BCUT2D eigenvalue weighted by Gasteiger charge is -2.24. The van der Waals surface area contributed by atoms with Crippen LogP contribution in [0.3, 0.4) is 0 Å². The van der Waals surface area contributed by atoms with Crippen LogP contribution in [0, 0.1) is 23.0 Å². The molecular formula is C15H24N2O2. The lowest BCUT2D eigenvalue weighted by atomic mass is 9.98. The minimum Gasteiger partial charge on any atom is -0.307 e. The topological polar surface area (TPSA) is 55.2 Å². The summed E-state index contributed by atoms with van der Waals surface area (Å²) in [6.45, 7) is 10.4. The van der Waals surface area contributed by atoms with E-state index in [2.05, 4.69) is 26.1 Å². The number of nitrogens with one attached hydrogen (secondary N) is 1. The molecule has 0 radical (unpaired) electrons. The van der Waals surface area contributed by atoms with Crippen molar-refractivity contribution in [3.05, 3.63) is 39.4 Å². The maximum Gasteiger partial charge on any atom is 0.272 e. The fraction of sp³-hybridized carbons (Fsp3) is 0.600. The predicted octanol–water partition coefficient (Wildman–Crippen LogP) is 3.99. The number of aryl methyl sites for hydroxylation is 1. The smallest absolute Gasteiger partial charge is 0.272 e. The monoisotopic (exact) mass is 264 g/mol. The highest BCUT2D eigenvalue weighted by Gasteiger charge is 2.17. The number of nitro groups is 1. The van der Waals surface area contributed by atoms with Gasteiger partial charge in [-0.05, 0) is 32.3 Å². The highest BCUT2D eigenvalue weighted by molar-refractivity contribution is 5.43. The fourth-order valence-corrected chi connectivity index (χ4v) is 2.10. The van der Waals surface area contributed by atoms with Gasteiger partial charge >= 0.3 is 0 Å². The van der Waals surface area contributed by atoms with Crippen molar-refractivity contribution in [3.63, 3.8) is 0 Å². The van der Waals surface area contributed by atoms with Crippen LogP contribution in [-0.4, -0.2) is 11.0 Å². The third kappa shape index (κ3) is 4.03. The minimum atomic E-state index is -0.316. The molecule has 0 saturated heterocycles. The molecule has 1 N–H and O–H groups in total. The second-order valence-corrected chi connectivity index (χ2v) is 5.37. The Morgan fingerprint density at radius 1 is 1.32 bits per heavy atom. The number of hydrogen-bond donors (Lipinski definition) is 1. The van der Waals surface area contributed by atoms with Gasteiger partial charge in [-0.15, -0.1) is 0 Å². The molecule has 0 saturated carbocycles. The zero-order valence-electron chi connectivity index (χ0n) is 12.4. The molecule has 1 aromatic rings. The summed E-state index contributed by atoms with van der Waals surface area (Å²) in [6.07, 6.45) is 1.12. The van der Waals surface area contributed by atoms with Crippen LogP contribution in [0.25, 0.3) is 0 Å². The van der Waals surface area contributed by atoms with E-state index in [0.717, 1.165) is 12.0 Å². The van der Waals surface area contributed by atoms with Crippen LogP contribution in [0.15, 0.2) is 18.2 Å². The molecule has 0 aliphatic heterocycles. The lowest BCUT2D eigenvalue weighted by Crippen LogP contribution is -2.33. The summed E-state index contributed by atoms with van der Waals surface area (Å²) >= 11 is 0. The number of nitrogens with zero attached hydrogens (tertiary/aromatic N) is 1. The van der Waals surface area contributed by atoms with E-state index in [1.807, 2.05) is 19.1 Å². The van der Waals surface area contributed by atoms with Gasteiger partial charge in [-0.1, -0.05) is 32.4 Å². The van der Waals surface area contributed by atoms with Crippen LogP contribution in [0.1, 0.15) is 51.3 Å². The van der Waals surface area contributed by atoms with Crippen LogP contribution < -0.4 is 5.32 Å². The first-order valence-electron chi connectivity index (χ1n) is 6.87. The molecule has 0 aromatic heterocycles. The van der Waals surface area contributed by atoms with Crippen molar-refractivity contribution in [2.75, 3.05) is 0 Å². The van der Waals surface area contributed by atoms with Crippen LogP contribution in [0.4, 0.5) is 5.69 Å². The van der Waals surface area contributed by atoms with Crippen LogP contribution in [0.2, 0.25) is 0 Å². The normalized spacial score (nSPS) is 15.8. The van der Waals surface area contributed by atoms with E-state index in [-0.39, 0.29) is 16.7 Å². The minimum absolute atomic E-state index is 0.114. The molecule has 0 amide bonds. The Balaban J connectivity index is 2.85. The summed E-state index contributed by atoms with van der Waals surface area (Å²) in [4.78, 5) is 10.6. The first-order chi connectivity index (χ1) is 8.86. The van der Waals surface area contributed by atoms with E-state index in [1.54, 1.807) is 13.0 Å². The van der Waals surface area contributed by atoms with E-state index in [0.29, 0.717) is 17.5 Å². The van der Waals surface area contributed by atoms with Gasteiger partial charge in [0.25, 0.3) is 5.69 Å². The second-order valence-electron chi connectivity index (χ2n) is 5.37. The van der Waals surface area contributed by atoms with Gasteiger partial charge in [-0.25, -0.2) is 0 Å². The standard InChI is InChI=1S/C15H24N2O2/c1-6-10(2)12(4)16-13(5)14-8-7-11(3)15(9-14)17(18)19/h7-10,12-13,16H,6H2,1-5H3. The molecule has 1 aromatic carbocycles. The Morgan fingerprint density at radius 3 is 2.47 bits per heavy atom. The number of rotatable bonds is 6. The molecule has 3 unspecified atom stereocenters. The first-order valence-corrected chi connectivity index (χ1v) is 6.87. The Hall–Kier alpha value is -1.42. The van der Waals surface area contributed by atoms with E-state index in [4.69, 9.17) is 0 Å². The van der Waals surface area contributed by atoms with Gasteiger partial charge in [-0.2, -0.15) is 0 Å². The lowest BCUT2D eigenvalue weighted by molar-refractivity contribution is -0.385. The molecule has 0 fully saturated rings. The van der Waals surface area contributed by atoms with Crippen LogP contribution in [0.5, 0.6) is 0 Å². The summed E-state index contributed by atoms with van der Waals surface area (Å²) in [7, 11) is 0. The number of nitro benzene ring substituents is 1. The molecule has 0 spiro atoms. The molecular weight excluding hydrogens is 240 g/mol. The molecule has 106 valence electrons. The first kappa shape index (κ1) is 15.6. The van der Waals surface area contributed by atoms with Gasteiger partial charge in [0, 0.05) is 23.7 Å². The van der Waals surface area contributed by atoms with E-state index in [9.17, 15) is 10.1 Å². The zero-order valence-corrected chi connectivity index (χ0v) is 12.4. The molecule has 0 bridgehead atoms. The highest BCUT2D eigenvalue weighted by atomic mass is 16.6. The average Bonchev–Trinajstić information content (AvgIpc) is 2.37. The summed E-state index contributed by atoms with van der Waals surface area (Å²) in [6, 6.07) is 5.96. The Kier molecular flexibility index (Phi) is 5.48. The largest absolute Gasteiger partial charge is 0.307 e. The van der Waals surface area contributed by atoms with Gasteiger partial charge in [-0.3, -0.25) is 10.1 Å². The Bertz CT molecular complexity index is 446. The van der Waals surface area contributed by atoms with Gasteiger partial charge in [0.1, 0.15) is 0 Å². The summed E-state index contributed by atoms with van der Waals surface area (Å²) in [5.41, 5.74) is 1.87. The maximum absolute atomic E-state index is 11.0. The summed E-state index contributed by atoms with van der Waals surface area (Å²) in [5.74, 6) is 0.586. The van der Waals surface area contributed by atoms with Crippen LogP contribution >= 0.6 is 0 Å². The second kappa shape index (κ2) is 6.66. The van der Waals surface area contributed by atoms with Crippen molar-refractivity contribution in [1.29, 1.82) is 0 Å². The van der Waals surface area contributed by atoms with Gasteiger partial charge in [0.2, 0.25) is 0 Å². The van der Waals surface area contributed by atoms with Gasteiger partial charge < -0.3 is 5.32 Å².